The molecule has 0 spiro atoms. The van der Waals surface area contributed by atoms with E-state index < -0.39 is 0 Å². The van der Waals surface area contributed by atoms with Gasteiger partial charge in [-0.1, -0.05) is 35.5 Å². The third-order valence-corrected chi connectivity index (χ3v) is 5.55. The van der Waals surface area contributed by atoms with Gasteiger partial charge in [-0.3, -0.25) is 14.2 Å². The molecule has 6 nitrogen and oxygen atoms in total. The standard InChI is InChI=1S/C21H21ClN2O4S/c1-27-10-4-9-24-20(26)17-8-7-15(22)12-18(17)23-21(24)29-13-19(25)14-5-3-6-16(11-14)28-2/h3,5-8,11-12H,4,9-10,13H2,1-2H3. The first-order valence-electron chi connectivity index (χ1n) is 9.02. The molecule has 2 aromatic carbocycles. The molecule has 0 unspecified atom stereocenters. The highest BCUT2D eigenvalue weighted by Crippen LogP contribution is 2.22. The van der Waals surface area contributed by atoms with Crippen LogP contribution in [0.3, 0.4) is 0 Å². The molecule has 0 fully saturated rings. The largest absolute Gasteiger partial charge is 0.497 e. The normalized spacial score (nSPS) is 11.0. The first kappa shape index (κ1) is 21.4. The molecule has 1 aromatic heterocycles. The van der Waals surface area contributed by atoms with E-state index in [1.54, 1.807) is 61.3 Å². The van der Waals surface area contributed by atoms with Crippen LogP contribution >= 0.6 is 23.4 Å². The minimum Gasteiger partial charge on any atom is -0.497 e. The lowest BCUT2D eigenvalue weighted by molar-refractivity contribution is 0.102. The summed E-state index contributed by atoms with van der Waals surface area (Å²) in [5.41, 5.74) is 0.912. The molecule has 1 heterocycles. The van der Waals surface area contributed by atoms with E-state index in [1.165, 1.54) is 11.8 Å². The van der Waals surface area contributed by atoms with Crippen LogP contribution < -0.4 is 10.3 Å². The minimum absolute atomic E-state index is 0.0715. The number of ketones is 1. The number of Topliss-reactive ketones (excluding diaryl/α,β-unsaturated/α-hetero) is 1. The third kappa shape index (κ3) is 5.18. The number of fused-ring (bicyclic) bond motifs is 1. The second kappa shape index (κ2) is 9.91. The highest BCUT2D eigenvalue weighted by molar-refractivity contribution is 7.99. The minimum atomic E-state index is -0.154. The fourth-order valence-electron chi connectivity index (χ4n) is 2.86. The van der Waals surface area contributed by atoms with E-state index in [0.717, 1.165) is 0 Å². The van der Waals surface area contributed by atoms with Crippen LogP contribution in [0.2, 0.25) is 5.02 Å². The van der Waals surface area contributed by atoms with Crippen molar-refractivity contribution in [3.63, 3.8) is 0 Å². The van der Waals surface area contributed by atoms with Crippen LogP contribution in [-0.4, -0.2) is 41.9 Å². The SMILES string of the molecule is COCCCn1c(SCC(=O)c2cccc(OC)c2)nc2cc(Cl)ccc2c1=O. The van der Waals surface area contributed by atoms with E-state index in [2.05, 4.69) is 4.98 Å². The van der Waals surface area contributed by atoms with Crippen molar-refractivity contribution in [1.82, 2.24) is 9.55 Å². The molecule has 0 saturated heterocycles. The second-order valence-corrected chi connectivity index (χ2v) is 7.68. The topological polar surface area (TPSA) is 70.4 Å². The Bertz CT molecular complexity index is 1080. The number of nitrogens with zero attached hydrogens (tertiary/aromatic N) is 2. The fourth-order valence-corrected chi connectivity index (χ4v) is 3.94. The molecule has 0 aliphatic heterocycles. The maximum absolute atomic E-state index is 13.0. The number of aromatic nitrogens is 2. The predicted molar refractivity (Wildman–Crippen MR) is 116 cm³/mol. The summed E-state index contributed by atoms with van der Waals surface area (Å²) in [4.78, 5) is 30.2. The first-order chi connectivity index (χ1) is 14.0. The summed E-state index contributed by atoms with van der Waals surface area (Å²) in [5, 5.41) is 1.48. The van der Waals surface area contributed by atoms with Crippen molar-refractivity contribution in [3.8, 4) is 5.75 Å². The van der Waals surface area contributed by atoms with E-state index in [4.69, 9.17) is 21.1 Å². The molecule has 3 rings (SSSR count). The molecule has 0 amide bonds. The van der Waals surface area contributed by atoms with Gasteiger partial charge in [-0.25, -0.2) is 4.98 Å². The molecule has 0 aliphatic carbocycles. The predicted octanol–water partition coefficient (Wildman–Crippen LogP) is 4.07. The van der Waals surface area contributed by atoms with Crippen molar-refractivity contribution in [2.75, 3.05) is 26.6 Å². The second-order valence-electron chi connectivity index (χ2n) is 6.30. The summed E-state index contributed by atoms with van der Waals surface area (Å²) in [6.45, 7) is 0.978. The molecule has 0 bridgehead atoms. The molecule has 0 atom stereocenters. The van der Waals surface area contributed by atoms with Crippen molar-refractivity contribution >= 4 is 40.0 Å². The molecule has 3 aromatic rings. The fraction of sp³-hybridized carbons (Fsp3) is 0.286. The monoisotopic (exact) mass is 432 g/mol. The summed E-state index contributed by atoms with van der Waals surface area (Å²) in [6.07, 6.45) is 0.661. The summed E-state index contributed by atoms with van der Waals surface area (Å²) in [5.74, 6) is 0.698. The number of halogens is 1. The summed E-state index contributed by atoms with van der Waals surface area (Å²) >= 11 is 7.30. The van der Waals surface area contributed by atoms with Gasteiger partial charge in [0.15, 0.2) is 10.9 Å². The van der Waals surface area contributed by atoms with Gasteiger partial charge in [-0.15, -0.1) is 0 Å². The number of ether oxygens (including phenoxy) is 2. The highest BCUT2D eigenvalue weighted by Gasteiger charge is 2.15. The average molecular weight is 433 g/mol. The highest BCUT2D eigenvalue weighted by atomic mass is 35.5. The molecule has 0 N–H and O–H groups in total. The number of thioether (sulfide) groups is 1. The van der Waals surface area contributed by atoms with Crippen LogP contribution in [0.4, 0.5) is 0 Å². The number of methoxy groups -OCH3 is 2. The maximum Gasteiger partial charge on any atom is 0.262 e. The van der Waals surface area contributed by atoms with Gasteiger partial charge in [0.25, 0.3) is 5.56 Å². The molecular weight excluding hydrogens is 412 g/mol. The molecule has 29 heavy (non-hydrogen) atoms. The Morgan fingerprint density at radius 2 is 2.03 bits per heavy atom. The summed E-state index contributed by atoms with van der Waals surface area (Å²) < 4.78 is 11.9. The maximum atomic E-state index is 13.0. The van der Waals surface area contributed by atoms with Gasteiger partial charge in [0.05, 0.1) is 23.8 Å². The van der Waals surface area contributed by atoms with E-state index >= 15 is 0 Å². The average Bonchev–Trinajstić information content (AvgIpc) is 2.73. The van der Waals surface area contributed by atoms with Gasteiger partial charge in [0.2, 0.25) is 0 Å². The smallest absolute Gasteiger partial charge is 0.262 e. The lowest BCUT2D eigenvalue weighted by Crippen LogP contribution is -2.24. The number of rotatable bonds is 9. The van der Waals surface area contributed by atoms with Crippen LogP contribution in [-0.2, 0) is 11.3 Å². The van der Waals surface area contributed by atoms with Gasteiger partial charge in [-0.2, -0.15) is 0 Å². The Labute approximate surface area is 177 Å². The summed E-state index contributed by atoms with van der Waals surface area (Å²) in [6, 6.07) is 12.0. The van der Waals surface area contributed by atoms with Crippen LogP contribution in [0.5, 0.6) is 5.75 Å². The van der Waals surface area contributed by atoms with Crippen molar-refractivity contribution < 1.29 is 14.3 Å². The Morgan fingerprint density at radius 3 is 2.79 bits per heavy atom. The number of hydrogen-bond acceptors (Lipinski definition) is 6. The Balaban J connectivity index is 1.90. The van der Waals surface area contributed by atoms with Crippen LogP contribution in [0, 0.1) is 0 Å². The van der Waals surface area contributed by atoms with Crippen molar-refractivity contribution in [1.29, 1.82) is 0 Å². The molecule has 0 radical (unpaired) electrons. The van der Waals surface area contributed by atoms with E-state index in [0.29, 0.717) is 52.0 Å². The van der Waals surface area contributed by atoms with Gasteiger partial charge in [0, 0.05) is 30.8 Å². The molecule has 0 saturated carbocycles. The zero-order valence-electron chi connectivity index (χ0n) is 16.2. The zero-order chi connectivity index (χ0) is 20.8. The Morgan fingerprint density at radius 1 is 1.21 bits per heavy atom. The Kier molecular flexibility index (Phi) is 7.30. The number of hydrogen-bond donors (Lipinski definition) is 0. The lowest BCUT2D eigenvalue weighted by atomic mass is 10.1. The van der Waals surface area contributed by atoms with Crippen LogP contribution in [0.25, 0.3) is 10.9 Å². The summed E-state index contributed by atoms with van der Waals surface area (Å²) in [7, 11) is 3.17. The van der Waals surface area contributed by atoms with E-state index in [1.807, 2.05) is 0 Å². The quantitative estimate of drug-likeness (QED) is 0.220. The zero-order valence-corrected chi connectivity index (χ0v) is 17.8. The van der Waals surface area contributed by atoms with Gasteiger partial charge in [-0.05, 0) is 36.8 Å². The molecule has 152 valence electrons. The van der Waals surface area contributed by atoms with Crippen LogP contribution in [0.1, 0.15) is 16.8 Å². The van der Waals surface area contributed by atoms with Crippen molar-refractivity contribution in [3.05, 3.63) is 63.4 Å². The lowest BCUT2D eigenvalue weighted by Gasteiger charge is -2.13. The van der Waals surface area contributed by atoms with Gasteiger partial charge < -0.3 is 9.47 Å². The van der Waals surface area contributed by atoms with E-state index in [9.17, 15) is 9.59 Å². The number of carbonyl (C=O) groups is 1. The third-order valence-electron chi connectivity index (χ3n) is 4.34. The van der Waals surface area contributed by atoms with E-state index in [-0.39, 0.29) is 17.1 Å². The van der Waals surface area contributed by atoms with Crippen LogP contribution in [0.15, 0.2) is 52.4 Å². The van der Waals surface area contributed by atoms with Crippen molar-refractivity contribution in [2.45, 2.75) is 18.1 Å². The number of carbonyl (C=O) groups excluding carboxylic acids is 1. The van der Waals surface area contributed by atoms with Gasteiger partial charge >= 0.3 is 0 Å². The first-order valence-corrected chi connectivity index (χ1v) is 10.4. The Hall–Kier alpha value is -2.35. The number of benzene rings is 2. The molecule has 8 heteroatoms. The molecular formula is C21H21ClN2O4S. The molecule has 0 aliphatic rings. The van der Waals surface area contributed by atoms with Gasteiger partial charge in [0.1, 0.15) is 5.75 Å². The van der Waals surface area contributed by atoms with Crippen molar-refractivity contribution in [2.24, 2.45) is 0 Å².